The molecule has 0 saturated heterocycles. The molecule has 0 spiro atoms. The number of nitrogens with one attached hydrogen (secondary N) is 1. The number of amides is 1. The fraction of sp³-hybridized carbons (Fsp3) is 0.300. The molecule has 0 aliphatic heterocycles. The van der Waals surface area contributed by atoms with Gasteiger partial charge >= 0.3 is 0 Å². The second-order valence-corrected chi connectivity index (χ2v) is 6.65. The molecule has 3 aromatic rings. The summed E-state index contributed by atoms with van der Waals surface area (Å²) in [7, 11) is 0. The molecule has 152 valence electrons. The summed E-state index contributed by atoms with van der Waals surface area (Å²) in [6.07, 6.45) is 0.288. The number of hydrogen-bond acceptors (Lipinski definition) is 3. The molecule has 2 aromatic carbocycles. The molecule has 0 fully saturated rings. The number of halogens is 3. The van der Waals surface area contributed by atoms with Gasteiger partial charge in [-0.25, -0.2) is 9.37 Å². The number of benzene rings is 2. The average Bonchev–Trinajstić information content (AvgIpc) is 2.95. The van der Waals surface area contributed by atoms with Gasteiger partial charge in [0.15, 0.2) is 0 Å². The van der Waals surface area contributed by atoms with E-state index in [-0.39, 0.29) is 49.0 Å². The third kappa shape index (κ3) is 4.82. The number of aromatic nitrogens is 2. The molecule has 28 heavy (non-hydrogen) atoms. The zero-order valence-corrected chi connectivity index (χ0v) is 17.7. The van der Waals surface area contributed by atoms with E-state index < -0.39 is 0 Å². The van der Waals surface area contributed by atoms with E-state index in [0.717, 1.165) is 28.2 Å². The van der Waals surface area contributed by atoms with Crippen molar-refractivity contribution in [3.63, 3.8) is 0 Å². The van der Waals surface area contributed by atoms with Crippen LogP contribution in [0.3, 0.4) is 0 Å². The topological polar surface area (TPSA) is 72.9 Å². The molecule has 8 heteroatoms. The van der Waals surface area contributed by atoms with Crippen LogP contribution >= 0.6 is 24.8 Å². The molecular formula is C20H25Cl2FN4O. The van der Waals surface area contributed by atoms with Crippen LogP contribution in [0.4, 0.5) is 10.1 Å². The van der Waals surface area contributed by atoms with Crippen LogP contribution in [-0.2, 0) is 4.79 Å². The quantitative estimate of drug-likeness (QED) is 0.611. The normalized spacial score (nSPS) is 10.5. The molecule has 3 rings (SSSR count). The van der Waals surface area contributed by atoms with Crippen molar-refractivity contribution in [2.24, 2.45) is 5.73 Å². The number of nitrogens with zero attached hydrogens (tertiary/aromatic N) is 2. The lowest BCUT2D eigenvalue weighted by Gasteiger charge is -2.15. The highest BCUT2D eigenvalue weighted by Gasteiger charge is 2.16. The average molecular weight is 427 g/mol. The third-order valence-electron chi connectivity index (χ3n) is 4.30. The van der Waals surface area contributed by atoms with Gasteiger partial charge in [-0.2, -0.15) is 0 Å². The standard InChI is InChI=1S/C20H23FN4O.2ClH/c1-12(2)25-18-7-5-15(21)11-17(18)24-20(25)14-4-6-16(13(3)10-14)23-19(26)8-9-22;;/h4-7,10-12H,8-9,22H2,1-3H3,(H,23,26);2*1H. The second-order valence-electron chi connectivity index (χ2n) is 6.65. The van der Waals surface area contributed by atoms with Crippen LogP contribution in [0.25, 0.3) is 22.4 Å². The van der Waals surface area contributed by atoms with Crippen molar-refractivity contribution >= 4 is 47.4 Å². The number of fused-ring (bicyclic) bond motifs is 1. The molecule has 0 atom stereocenters. The van der Waals surface area contributed by atoms with Gasteiger partial charge in [0.1, 0.15) is 11.6 Å². The van der Waals surface area contributed by atoms with E-state index in [1.54, 1.807) is 6.07 Å². The van der Waals surface area contributed by atoms with Crippen LogP contribution in [0, 0.1) is 12.7 Å². The van der Waals surface area contributed by atoms with E-state index >= 15 is 0 Å². The molecule has 0 unspecified atom stereocenters. The number of rotatable bonds is 5. The van der Waals surface area contributed by atoms with E-state index in [2.05, 4.69) is 28.7 Å². The number of anilines is 1. The van der Waals surface area contributed by atoms with Crippen LogP contribution in [0.15, 0.2) is 36.4 Å². The summed E-state index contributed by atoms with van der Waals surface area (Å²) in [6.45, 7) is 6.39. The Balaban J connectivity index is 0.00000196. The Morgan fingerprint density at radius 2 is 1.93 bits per heavy atom. The van der Waals surface area contributed by atoms with Crippen molar-refractivity contribution in [3.05, 3.63) is 47.8 Å². The van der Waals surface area contributed by atoms with Gasteiger partial charge in [-0.05, 0) is 56.7 Å². The van der Waals surface area contributed by atoms with Crippen molar-refractivity contribution in [2.75, 3.05) is 11.9 Å². The molecule has 0 bridgehead atoms. The highest BCUT2D eigenvalue weighted by molar-refractivity contribution is 5.92. The van der Waals surface area contributed by atoms with Crippen molar-refractivity contribution in [1.82, 2.24) is 9.55 Å². The fourth-order valence-electron chi connectivity index (χ4n) is 3.09. The van der Waals surface area contributed by atoms with Crippen molar-refractivity contribution in [2.45, 2.75) is 33.2 Å². The van der Waals surface area contributed by atoms with Gasteiger partial charge < -0.3 is 15.6 Å². The molecule has 0 saturated carbocycles. The Labute approximate surface area is 176 Å². The zero-order valence-electron chi connectivity index (χ0n) is 16.0. The summed E-state index contributed by atoms with van der Waals surface area (Å²) in [5, 5.41) is 2.87. The summed E-state index contributed by atoms with van der Waals surface area (Å²) in [5.41, 5.74) is 9.55. The number of carbonyl (C=O) groups is 1. The van der Waals surface area contributed by atoms with Gasteiger partial charge in [-0.1, -0.05) is 0 Å². The maximum absolute atomic E-state index is 13.6. The Hall–Kier alpha value is -2.15. The third-order valence-corrected chi connectivity index (χ3v) is 4.30. The van der Waals surface area contributed by atoms with Gasteiger partial charge in [-0.15, -0.1) is 24.8 Å². The Kier molecular flexibility index (Phi) is 8.42. The molecule has 1 aromatic heterocycles. The van der Waals surface area contributed by atoms with E-state index in [9.17, 15) is 9.18 Å². The van der Waals surface area contributed by atoms with E-state index in [4.69, 9.17) is 5.73 Å². The van der Waals surface area contributed by atoms with Crippen LogP contribution in [0.5, 0.6) is 0 Å². The summed E-state index contributed by atoms with van der Waals surface area (Å²) < 4.78 is 15.7. The largest absolute Gasteiger partial charge is 0.330 e. The van der Waals surface area contributed by atoms with Crippen LogP contribution < -0.4 is 11.1 Å². The first-order valence-corrected chi connectivity index (χ1v) is 8.69. The van der Waals surface area contributed by atoms with Gasteiger partial charge in [0.2, 0.25) is 5.91 Å². The molecule has 5 nitrogen and oxygen atoms in total. The molecule has 3 N–H and O–H groups in total. The maximum Gasteiger partial charge on any atom is 0.225 e. The fourth-order valence-corrected chi connectivity index (χ4v) is 3.09. The second kappa shape index (κ2) is 9.87. The SMILES string of the molecule is Cc1cc(-c2nc3cc(F)ccc3n2C(C)C)ccc1NC(=O)CCN.Cl.Cl. The van der Waals surface area contributed by atoms with Gasteiger partial charge in [0.05, 0.1) is 11.0 Å². The minimum Gasteiger partial charge on any atom is -0.330 e. The lowest BCUT2D eigenvalue weighted by molar-refractivity contribution is -0.116. The van der Waals surface area contributed by atoms with Crippen LogP contribution in [-0.4, -0.2) is 22.0 Å². The molecule has 0 aliphatic carbocycles. The lowest BCUT2D eigenvalue weighted by Crippen LogP contribution is -2.16. The number of nitrogens with two attached hydrogens (primary N) is 1. The predicted molar refractivity (Wildman–Crippen MR) is 117 cm³/mol. The number of aryl methyl sites for hydroxylation is 1. The zero-order chi connectivity index (χ0) is 18.8. The van der Waals surface area contributed by atoms with Crippen molar-refractivity contribution in [1.29, 1.82) is 0 Å². The van der Waals surface area contributed by atoms with E-state index in [1.807, 2.05) is 25.1 Å². The Morgan fingerprint density at radius 1 is 1.21 bits per heavy atom. The summed E-state index contributed by atoms with van der Waals surface area (Å²) in [6, 6.07) is 10.6. The number of carbonyl (C=O) groups excluding carboxylic acids is 1. The molecule has 1 heterocycles. The van der Waals surface area contributed by atoms with Gasteiger partial charge in [0, 0.05) is 36.3 Å². The van der Waals surface area contributed by atoms with Gasteiger partial charge in [-0.3, -0.25) is 4.79 Å². The summed E-state index contributed by atoms with van der Waals surface area (Å²) in [5.74, 6) is 0.378. The lowest BCUT2D eigenvalue weighted by atomic mass is 10.1. The smallest absolute Gasteiger partial charge is 0.225 e. The van der Waals surface area contributed by atoms with Crippen LogP contribution in [0.1, 0.15) is 31.9 Å². The molecular weight excluding hydrogens is 402 g/mol. The first-order valence-electron chi connectivity index (χ1n) is 8.69. The van der Waals surface area contributed by atoms with Crippen LogP contribution in [0.2, 0.25) is 0 Å². The molecule has 1 amide bonds. The first kappa shape index (κ1) is 23.9. The van der Waals surface area contributed by atoms with Crippen molar-refractivity contribution in [3.8, 4) is 11.4 Å². The Bertz CT molecular complexity index is 972. The van der Waals surface area contributed by atoms with Gasteiger partial charge in [0.25, 0.3) is 0 Å². The first-order chi connectivity index (χ1) is 12.4. The molecule has 0 radical (unpaired) electrons. The number of hydrogen-bond donors (Lipinski definition) is 2. The summed E-state index contributed by atoms with van der Waals surface area (Å²) >= 11 is 0. The Morgan fingerprint density at radius 3 is 2.54 bits per heavy atom. The van der Waals surface area contributed by atoms with E-state index in [1.165, 1.54) is 12.1 Å². The number of imidazole rings is 1. The minimum atomic E-state index is -0.299. The molecule has 0 aliphatic rings. The van der Waals surface area contributed by atoms with E-state index in [0.29, 0.717) is 12.1 Å². The maximum atomic E-state index is 13.6. The predicted octanol–water partition coefficient (Wildman–Crippen LogP) is 4.86. The summed E-state index contributed by atoms with van der Waals surface area (Å²) in [4.78, 5) is 16.4. The minimum absolute atomic E-state index is 0. The monoisotopic (exact) mass is 426 g/mol. The highest BCUT2D eigenvalue weighted by Crippen LogP contribution is 2.30. The highest BCUT2D eigenvalue weighted by atomic mass is 35.5. The van der Waals surface area contributed by atoms with Crippen molar-refractivity contribution < 1.29 is 9.18 Å².